The highest BCUT2D eigenvalue weighted by Crippen LogP contribution is 2.44. The summed E-state index contributed by atoms with van der Waals surface area (Å²) in [6, 6.07) is 13.6. The van der Waals surface area contributed by atoms with Gasteiger partial charge in [-0.2, -0.15) is 13.2 Å². The molecule has 67 heavy (non-hydrogen) atoms. The average molecular weight is 919 g/mol. The summed E-state index contributed by atoms with van der Waals surface area (Å²) < 4.78 is 44.6. The molecule has 358 valence electrons. The van der Waals surface area contributed by atoms with Gasteiger partial charge >= 0.3 is 6.18 Å². The molecule has 0 spiro atoms. The Labute approximate surface area is 394 Å². The van der Waals surface area contributed by atoms with E-state index in [2.05, 4.69) is 104 Å². The van der Waals surface area contributed by atoms with E-state index < -0.39 is 12.7 Å². The van der Waals surface area contributed by atoms with E-state index in [-0.39, 0.29) is 24.2 Å². The van der Waals surface area contributed by atoms with Gasteiger partial charge in [-0.1, -0.05) is 24.3 Å². The lowest BCUT2D eigenvalue weighted by molar-refractivity contribution is -0.149. The molecule has 0 N–H and O–H groups in total. The Morgan fingerprint density at radius 1 is 0.627 bits per heavy atom. The number of hydrogen-bond donors (Lipinski definition) is 0. The number of piperazine rings is 2. The smallest absolute Gasteiger partial charge is 0.306 e. The molecule has 12 nitrogen and oxygen atoms in total. The minimum absolute atomic E-state index is 0.102. The van der Waals surface area contributed by atoms with Crippen molar-refractivity contribution in [2.24, 2.45) is 0 Å². The molecule has 4 atom stereocenters. The van der Waals surface area contributed by atoms with Gasteiger partial charge in [-0.25, -0.2) is 9.97 Å². The molecule has 0 unspecified atom stereocenters. The molecule has 5 aromatic rings. The van der Waals surface area contributed by atoms with Gasteiger partial charge in [0, 0.05) is 103 Å². The van der Waals surface area contributed by atoms with Crippen LogP contribution in [0.4, 0.5) is 13.2 Å². The summed E-state index contributed by atoms with van der Waals surface area (Å²) in [5.41, 5.74) is 11.9. The van der Waals surface area contributed by atoms with Crippen LogP contribution in [0.5, 0.6) is 0 Å². The normalized spacial score (nSPS) is 24.5. The van der Waals surface area contributed by atoms with Crippen molar-refractivity contribution in [2.75, 3.05) is 79.5 Å². The summed E-state index contributed by atoms with van der Waals surface area (Å²) in [7, 11) is 4.51. The minimum Gasteiger partial charge on any atom is -0.306 e. The molecule has 0 amide bonds. The van der Waals surface area contributed by atoms with Gasteiger partial charge in [-0.3, -0.25) is 34.5 Å². The zero-order valence-corrected chi connectivity index (χ0v) is 40.0. The average Bonchev–Trinajstić information content (AvgIpc) is 3.88. The molecule has 0 aromatic carbocycles. The van der Waals surface area contributed by atoms with Crippen molar-refractivity contribution in [2.45, 2.75) is 115 Å². The number of fused-ring (bicyclic) bond motifs is 2. The summed E-state index contributed by atoms with van der Waals surface area (Å²) in [6.07, 6.45) is 15.8. The number of allylic oxidation sites excluding steroid dienone is 1. The van der Waals surface area contributed by atoms with Crippen molar-refractivity contribution in [1.82, 2.24) is 58.3 Å². The third-order valence-corrected chi connectivity index (χ3v) is 15.8. The monoisotopic (exact) mass is 919 g/mol. The van der Waals surface area contributed by atoms with Gasteiger partial charge in [-0.15, -0.1) is 0 Å². The molecule has 0 saturated carbocycles. The Hall–Kier alpha value is -4.51. The fraction of sp³-hybridized carbons (Fsp3) is 0.577. The molecule has 10 rings (SSSR count). The van der Waals surface area contributed by atoms with Crippen LogP contribution in [0, 0.1) is 13.8 Å². The zero-order chi connectivity index (χ0) is 46.2. The number of alkyl halides is 3. The van der Waals surface area contributed by atoms with Gasteiger partial charge in [0.1, 0.15) is 11.5 Å². The van der Waals surface area contributed by atoms with E-state index in [0.717, 1.165) is 120 Å². The highest BCUT2D eigenvalue weighted by molar-refractivity contribution is 5.52. The second kappa shape index (κ2) is 19.8. The zero-order valence-electron chi connectivity index (χ0n) is 40.0. The number of aromatic nitrogens is 6. The predicted molar refractivity (Wildman–Crippen MR) is 256 cm³/mol. The quantitative estimate of drug-likeness (QED) is 0.122. The number of pyridine rings is 3. The summed E-state index contributed by atoms with van der Waals surface area (Å²) in [4.78, 5) is 34.8. The lowest BCUT2D eigenvalue weighted by Crippen LogP contribution is -2.49. The molecule has 10 heterocycles. The van der Waals surface area contributed by atoms with Crippen LogP contribution < -0.4 is 0 Å². The Kier molecular flexibility index (Phi) is 13.7. The number of hydrogen-bond acceptors (Lipinski definition) is 10. The summed E-state index contributed by atoms with van der Waals surface area (Å²) >= 11 is 0. The highest BCUT2D eigenvalue weighted by atomic mass is 19.4. The van der Waals surface area contributed by atoms with Gasteiger partial charge in [0.2, 0.25) is 0 Å². The largest absolute Gasteiger partial charge is 0.401 e. The van der Waals surface area contributed by atoms with Crippen LogP contribution in [0.25, 0.3) is 11.8 Å². The standard InChI is InChI=1S/C52H69F3N12/c1-37-12-9-21-56-47(37)40-15-7-17-42(60(40)3)49-44(66-23-6-5-19-46(66)58-49)34-63-28-26-62(27-29-63)25-20-39-14-11-24-67-45(35-64-30-32-65(33-31-64)36-52(53,54)55)50(59-51(39)67)43-18-8-16-41(61(43)4)48-38(2)13-10-22-57-48/h6,9-14,21-24,40-43H,5,7-8,15-20,25-36H2,1-4H3/t40-,41-,42+,43+/m0/s1. The molecule has 0 aliphatic carbocycles. The van der Waals surface area contributed by atoms with Gasteiger partial charge in [-0.05, 0) is 114 Å². The second-order valence-electron chi connectivity index (χ2n) is 20.0. The fourth-order valence-corrected chi connectivity index (χ4v) is 12.0. The molecule has 5 aliphatic rings. The maximum atomic E-state index is 13.3. The van der Waals surface area contributed by atoms with Crippen molar-refractivity contribution in [3.63, 3.8) is 0 Å². The van der Waals surface area contributed by atoms with E-state index in [1.165, 1.54) is 44.5 Å². The lowest BCUT2D eigenvalue weighted by Gasteiger charge is -2.40. The summed E-state index contributed by atoms with van der Waals surface area (Å²) in [5, 5.41) is 0. The first-order valence-corrected chi connectivity index (χ1v) is 25.0. The second-order valence-corrected chi connectivity index (χ2v) is 20.0. The molecule has 4 saturated heterocycles. The minimum atomic E-state index is -4.19. The Morgan fingerprint density at radius 3 is 1.75 bits per heavy atom. The first-order chi connectivity index (χ1) is 32.5. The van der Waals surface area contributed by atoms with Crippen LogP contribution in [-0.4, -0.2) is 144 Å². The van der Waals surface area contributed by atoms with Crippen LogP contribution in [0.1, 0.15) is 126 Å². The SMILES string of the molecule is Cc1cccnc1[C@@H]1CCC[C@H](c2nc3n(c2CN2CCN(CCc4cccn5c(CN6CCN(CC(F)(F)F)CC6)c([C@H]6CCC[C@@H](c7ncccc7C)N6C)nc45)CC2)C=CCC3)N1C. The van der Waals surface area contributed by atoms with Crippen LogP contribution >= 0.6 is 0 Å². The number of rotatable bonds is 12. The van der Waals surface area contributed by atoms with Crippen molar-refractivity contribution in [1.29, 1.82) is 0 Å². The number of halogens is 3. The topological polar surface area (TPSA) is 80.3 Å². The van der Waals surface area contributed by atoms with Gasteiger partial charge in [0.05, 0.1) is 64.9 Å². The summed E-state index contributed by atoms with van der Waals surface area (Å²) in [6.45, 7) is 12.0. The van der Waals surface area contributed by atoms with Gasteiger partial charge in [0.25, 0.3) is 0 Å². The van der Waals surface area contributed by atoms with E-state index in [1.807, 2.05) is 24.5 Å². The Balaban J connectivity index is 0.844. The van der Waals surface area contributed by atoms with Crippen molar-refractivity contribution >= 4 is 11.8 Å². The number of imidazole rings is 2. The van der Waals surface area contributed by atoms with E-state index in [1.54, 1.807) is 0 Å². The van der Waals surface area contributed by atoms with Gasteiger partial charge in [0.15, 0.2) is 0 Å². The van der Waals surface area contributed by atoms with E-state index in [4.69, 9.17) is 19.9 Å². The van der Waals surface area contributed by atoms with Crippen LogP contribution in [0.15, 0.2) is 61.1 Å². The van der Waals surface area contributed by atoms with E-state index >= 15 is 0 Å². The molecule has 4 fully saturated rings. The Morgan fingerprint density at radius 2 is 1.16 bits per heavy atom. The lowest BCUT2D eigenvalue weighted by atomic mass is 9.90. The highest BCUT2D eigenvalue weighted by Gasteiger charge is 2.38. The maximum absolute atomic E-state index is 13.3. The molecule has 5 aliphatic heterocycles. The van der Waals surface area contributed by atoms with Gasteiger partial charge < -0.3 is 13.9 Å². The first-order valence-electron chi connectivity index (χ1n) is 25.0. The van der Waals surface area contributed by atoms with Crippen molar-refractivity contribution in [3.05, 3.63) is 118 Å². The molecular weight excluding hydrogens is 850 g/mol. The molecule has 15 heteroatoms. The number of nitrogens with zero attached hydrogens (tertiary/aromatic N) is 12. The van der Waals surface area contributed by atoms with E-state index in [9.17, 15) is 13.2 Å². The number of likely N-dealkylation sites (tertiary alicyclic amines) is 2. The van der Waals surface area contributed by atoms with Crippen molar-refractivity contribution in [3.8, 4) is 0 Å². The first kappa shape index (κ1) is 46.2. The predicted octanol–water partition coefficient (Wildman–Crippen LogP) is 8.19. The maximum Gasteiger partial charge on any atom is 0.401 e. The molecule has 0 radical (unpaired) electrons. The molecular formula is C52H69F3N12. The van der Waals surface area contributed by atoms with Crippen LogP contribution in [-0.2, 0) is 25.9 Å². The van der Waals surface area contributed by atoms with Crippen LogP contribution in [0.3, 0.4) is 0 Å². The summed E-state index contributed by atoms with van der Waals surface area (Å²) in [5.74, 6) is 1.19. The number of aryl methyl sites for hydroxylation is 3. The molecule has 0 bridgehead atoms. The van der Waals surface area contributed by atoms with E-state index in [0.29, 0.717) is 32.7 Å². The molecule has 5 aromatic heterocycles. The third-order valence-electron chi connectivity index (χ3n) is 15.8. The fourth-order valence-electron chi connectivity index (χ4n) is 12.0. The van der Waals surface area contributed by atoms with Crippen LogP contribution in [0.2, 0.25) is 0 Å². The third kappa shape index (κ3) is 9.87. The Bertz CT molecular complexity index is 2510. The van der Waals surface area contributed by atoms with Crippen molar-refractivity contribution < 1.29 is 13.2 Å². The number of piperidine rings is 2.